The molecule has 0 bridgehead atoms. The Labute approximate surface area is 201 Å². The predicted octanol–water partition coefficient (Wildman–Crippen LogP) is 4.34. The molecule has 0 aliphatic carbocycles. The second-order valence-electron chi connectivity index (χ2n) is 8.66. The molecule has 2 aromatic carbocycles. The Morgan fingerprint density at radius 2 is 1.89 bits per heavy atom. The molecule has 3 aromatic rings. The molecule has 1 unspecified atom stereocenters. The van der Waals surface area contributed by atoms with Crippen molar-refractivity contribution in [3.8, 4) is 11.6 Å². The van der Waals surface area contributed by atoms with E-state index in [-0.39, 0.29) is 36.5 Å². The Morgan fingerprint density at radius 3 is 2.63 bits per heavy atom. The highest BCUT2D eigenvalue weighted by Crippen LogP contribution is 2.44. The first-order valence-corrected chi connectivity index (χ1v) is 11.3. The summed E-state index contributed by atoms with van der Waals surface area (Å²) in [6, 6.07) is 15.9. The van der Waals surface area contributed by atoms with E-state index in [0.717, 1.165) is 0 Å². The predicted molar refractivity (Wildman–Crippen MR) is 127 cm³/mol. The van der Waals surface area contributed by atoms with Crippen LogP contribution in [0, 0.1) is 5.82 Å². The summed E-state index contributed by atoms with van der Waals surface area (Å²) in [5.74, 6) is -0.130. The van der Waals surface area contributed by atoms with Crippen molar-refractivity contribution in [1.82, 2.24) is 9.88 Å². The van der Waals surface area contributed by atoms with Crippen LogP contribution in [0.4, 0.5) is 15.8 Å². The summed E-state index contributed by atoms with van der Waals surface area (Å²) in [4.78, 5) is 46.0. The van der Waals surface area contributed by atoms with Gasteiger partial charge in [-0.25, -0.2) is 9.37 Å². The van der Waals surface area contributed by atoms with Crippen molar-refractivity contribution >= 4 is 29.1 Å². The minimum atomic E-state index is -0.802. The summed E-state index contributed by atoms with van der Waals surface area (Å²) >= 11 is 0. The minimum absolute atomic E-state index is 0.0316. The Kier molecular flexibility index (Phi) is 5.68. The quantitative estimate of drug-likeness (QED) is 0.574. The highest BCUT2D eigenvalue weighted by Gasteiger charge is 2.52. The number of halogens is 1. The highest BCUT2D eigenvalue weighted by atomic mass is 19.1. The van der Waals surface area contributed by atoms with Crippen molar-refractivity contribution in [1.29, 1.82) is 0 Å². The smallest absolute Gasteiger partial charge is 0.257 e. The van der Waals surface area contributed by atoms with Gasteiger partial charge >= 0.3 is 0 Å². The Balaban J connectivity index is 1.23. The first kappa shape index (κ1) is 22.5. The van der Waals surface area contributed by atoms with Crippen molar-refractivity contribution < 1.29 is 23.5 Å². The lowest BCUT2D eigenvalue weighted by Crippen LogP contribution is -2.62. The van der Waals surface area contributed by atoms with Crippen LogP contribution in [0.2, 0.25) is 0 Å². The molecule has 1 atom stereocenters. The molecule has 1 saturated heterocycles. The molecule has 9 heteroatoms. The molecule has 8 nitrogen and oxygen atoms in total. The van der Waals surface area contributed by atoms with Crippen LogP contribution in [0.15, 0.2) is 66.9 Å². The maximum atomic E-state index is 13.3. The van der Waals surface area contributed by atoms with E-state index >= 15 is 0 Å². The van der Waals surface area contributed by atoms with E-state index in [1.165, 1.54) is 30.5 Å². The number of anilines is 2. The standard InChI is InChI=1S/C26H23FN4O4/c1-26-14-12-24(33)31(26)21-5-3-2-4-20(21)25(34)30(26)15-13-22(32)29-18-8-11-23(28-16-18)35-19-9-6-17(27)7-10-19/h2-11,16H,12-15H2,1H3,(H,29,32). The van der Waals surface area contributed by atoms with Crippen LogP contribution in [-0.4, -0.2) is 39.8 Å². The molecular formula is C26H23FN4O4. The zero-order valence-electron chi connectivity index (χ0n) is 19.0. The van der Waals surface area contributed by atoms with Crippen molar-refractivity contribution in [2.75, 3.05) is 16.8 Å². The molecule has 2 aliphatic rings. The van der Waals surface area contributed by atoms with Gasteiger partial charge in [0.15, 0.2) is 0 Å². The van der Waals surface area contributed by atoms with Gasteiger partial charge in [0.1, 0.15) is 17.2 Å². The van der Waals surface area contributed by atoms with Crippen LogP contribution in [0.1, 0.15) is 36.5 Å². The first-order chi connectivity index (χ1) is 16.8. The number of hydrogen-bond donors (Lipinski definition) is 1. The number of nitrogens with zero attached hydrogens (tertiary/aromatic N) is 3. The van der Waals surface area contributed by atoms with Crippen molar-refractivity contribution in [2.24, 2.45) is 0 Å². The van der Waals surface area contributed by atoms with Crippen LogP contribution in [-0.2, 0) is 9.59 Å². The van der Waals surface area contributed by atoms with Crippen LogP contribution in [0.25, 0.3) is 0 Å². The van der Waals surface area contributed by atoms with E-state index in [9.17, 15) is 18.8 Å². The number of pyridine rings is 1. The number of rotatable bonds is 6. The van der Waals surface area contributed by atoms with Crippen molar-refractivity contribution in [3.05, 3.63) is 78.2 Å². The lowest BCUT2D eigenvalue weighted by Gasteiger charge is -2.48. The summed E-state index contributed by atoms with van der Waals surface area (Å²) in [7, 11) is 0. The fraction of sp³-hybridized carbons (Fsp3) is 0.231. The number of carbonyl (C=O) groups excluding carboxylic acids is 3. The van der Waals surface area contributed by atoms with Crippen molar-refractivity contribution in [3.63, 3.8) is 0 Å². The molecule has 5 rings (SSSR count). The SMILES string of the molecule is CC12CCC(=O)N1c1ccccc1C(=O)N2CCC(=O)Nc1ccc(Oc2ccc(F)cc2)nc1. The average Bonchev–Trinajstić information content (AvgIpc) is 3.16. The van der Waals surface area contributed by atoms with E-state index < -0.39 is 5.66 Å². The average molecular weight is 474 g/mol. The molecular weight excluding hydrogens is 451 g/mol. The lowest BCUT2D eigenvalue weighted by atomic mass is 9.98. The van der Waals surface area contributed by atoms with Gasteiger partial charge < -0.3 is 15.0 Å². The van der Waals surface area contributed by atoms with E-state index in [1.54, 1.807) is 40.1 Å². The number of fused-ring (bicyclic) bond motifs is 3. The first-order valence-electron chi connectivity index (χ1n) is 11.3. The van der Waals surface area contributed by atoms with Gasteiger partial charge in [-0.3, -0.25) is 19.3 Å². The van der Waals surface area contributed by atoms with Crippen LogP contribution < -0.4 is 15.0 Å². The molecule has 3 amide bonds. The molecule has 1 fully saturated rings. The van der Waals surface area contributed by atoms with E-state index in [4.69, 9.17) is 4.74 Å². The third kappa shape index (κ3) is 4.21. The topological polar surface area (TPSA) is 91.8 Å². The fourth-order valence-corrected chi connectivity index (χ4v) is 4.62. The number of nitrogens with one attached hydrogen (secondary N) is 1. The third-order valence-electron chi connectivity index (χ3n) is 6.36. The summed E-state index contributed by atoms with van der Waals surface area (Å²) in [5, 5.41) is 2.77. The number of carbonyl (C=O) groups is 3. The molecule has 178 valence electrons. The maximum Gasteiger partial charge on any atom is 0.257 e. The van der Waals surface area contributed by atoms with E-state index in [0.29, 0.717) is 41.4 Å². The molecule has 0 radical (unpaired) electrons. The molecule has 0 saturated carbocycles. The molecule has 3 heterocycles. The summed E-state index contributed by atoms with van der Waals surface area (Å²) in [5.41, 5.74) is 0.753. The normalized spacial score (nSPS) is 18.8. The fourth-order valence-electron chi connectivity index (χ4n) is 4.62. The van der Waals surface area contributed by atoms with Gasteiger partial charge in [-0.2, -0.15) is 0 Å². The van der Waals surface area contributed by atoms with Gasteiger partial charge in [-0.05, 0) is 55.8 Å². The van der Waals surface area contributed by atoms with Gasteiger partial charge in [0.2, 0.25) is 17.7 Å². The molecule has 2 aliphatic heterocycles. The van der Waals surface area contributed by atoms with Gasteiger partial charge in [-0.15, -0.1) is 0 Å². The summed E-state index contributed by atoms with van der Waals surface area (Å²) in [6.45, 7) is 2.03. The minimum Gasteiger partial charge on any atom is -0.439 e. The number of aromatic nitrogens is 1. The van der Waals surface area contributed by atoms with Crippen molar-refractivity contribution in [2.45, 2.75) is 31.8 Å². The van der Waals surface area contributed by atoms with Gasteiger partial charge in [0, 0.05) is 25.5 Å². The van der Waals surface area contributed by atoms with Crippen LogP contribution in [0.5, 0.6) is 11.6 Å². The second-order valence-corrected chi connectivity index (χ2v) is 8.66. The monoisotopic (exact) mass is 474 g/mol. The number of amides is 3. The number of para-hydroxylation sites is 1. The lowest BCUT2D eigenvalue weighted by molar-refractivity contribution is -0.117. The zero-order valence-corrected chi connectivity index (χ0v) is 19.0. The summed E-state index contributed by atoms with van der Waals surface area (Å²) < 4.78 is 18.6. The largest absolute Gasteiger partial charge is 0.439 e. The molecule has 0 spiro atoms. The van der Waals surface area contributed by atoms with Crippen LogP contribution >= 0.6 is 0 Å². The van der Waals surface area contributed by atoms with Crippen LogP contribution in [0.3, 0.4) is 0 Å². The van der Waals surface area contributed by atoms with E-state index in [2.05, 4.69) is 10.3 Å². The Morgan fingerprint density at radius 1 is 1.11 bits per heavy atom. The van der Waals surface area contributed by atoms with Gasteiger partial charge in [0.05, 0.1) is 23.1 Å². The highest BCUT2D eigenvalue weighted by molar-refractivity contribution is 6.10. The van der Waals surface area contributed by atoms with Gasteiger partial charge in [0.25, 0.3) is 5.91 Å². The third-order valence-corrected chi connectivity index (χ3v) is 6.36. The number of hydrogen-bond acceptors (Lipinski definition) is 5. The van der Waals surface area contributed by atoms with Gasteiger partial charge in [-0.1, -0.05) is 12.1 Å². The Bertz CT molecular complexity index is 1300. The number of benzene rings is 2. The molecule has 1 aromatic heterocycles. The number of ether oxygens (including phenoxy) is 1. The second kappa shape index (κ2) is 8.83. The molecule has 35 heavy (non-hydrogen) atoms. The molecule has 1 N–H and O–H groups in total. The summed E-state index contributed by atoms with van der Waals surface area (Å²) in [6.07, 6.45) is 2.36. The van der Waals surface area contributed by atoms with E-state index in [1.807, 2.05) is 13.0 Å². The zero-order chi connectivity index (χ0) is 24.6. The maximum absolute atomic E-state index is 13.3. The Hall–Kier alpha value is -4.27.